The highest BCUT2D eigenvalue weighted by Gasteiger charge is 2.15. The third-order valence-electron chi connectivity index (χ3n) is 4.99. The maximum Gasteiger partial charge on any atom is 0.422 e. The maximum atomic E-state index is 12.4. The number of benzene rings is 3. The van der Waals surface area contributed by atoms with Crippen LogP contribution in [-0.2, 0) is 25.7 Å². The fourth-order valence-electron chi connectivity index (χ4n) is 3.07. The number of nitrogens with zero attached hydrogens (tertiary/aromatic N) is 1. The molecule has 0 saturated heterocycles. The molecule has 0 atom stereocenters. The molecule has 0 bridgehead atoms. The van der Waals surface area contributed by atoms with Gasteiger partial charge in [-0.3, -0.25) is 4.79 Å². The first kappa shape index (κ1) is 31.3. The van der Waals surface area contributed by atoms with Gasteiger partial charge in [0.1, 0.15) is 5.56 Å². The molecule has 39 heavy (non-hydrogen) atoms. The van der Waals surface area contributed by atoms with Crippen molar-refractivity contribution in [3.63, 3.8) is 0 Å². The van der Waals surface area contributed by atoms with Gasteiger partial charge in [0.25, 0.3) is 5.56 Å². The fraction of sp³-hybridized carbons (Fsp3) is 0.115. The Bertz CT molecular complexity index is 1630. The van der Waals surface area contributed by atoms with E-state index in [1.165, 1.54) is 12.1 Å². The number of rotatable bonds is 3. The molecule has 0 saturated carbocycles. The van der Waals surface area contributed by atoms with Crippen molar-refractivity contribution in [2.45, 2.75) is 20.4 Å². The normalized spacial score (nSPS) is 9.28. The predicted molar refractivity (Wildman–Crippen MR) is 130 cm³/mol. The second-order valence-electron chi connectivity index (χ2n) is 7.45. The number of fused-ring (bicyclic) bond motifs is 1. The number of aromatic nitrogens is 1. The molecule has 4 rings (SSSR count). The van der Waals surface area contributed by atoms with E-state index in [9.17, 15) is 19.5 Å². The summed E-state index contributed by atoms with van der Waals surface area (Å²) >= 11 is 0. The van der Waals surface area contributed by atoms with Gasteiger partial charge in [-0.2, -0.15) is 19.2 Å². The summed E-state index contributed by atoms with van der Waals surface area (Å²) in [4.78, 5) is 67.3. The van der Waals surface area contributed by atoms with Crippen LogP contribution in [0.4, 0.5) is 0 Å². The second kappa shape index (κ2) is 14.7. The van der Waals surface area contributed by atoms with Gasteiger partial charge in [0.15, 0.2) is 22.8 Å². The van der Waals surface area contributed by atoms with Crippen molar-refractivity contribution in [3.8, 4) is 17.2 Å². The number of phenols is 3. The molecule has 0 unspecified atom stereocenters. The molecule has 0 aliphatic rings. The lowest BCUT2D eigenvalue weighted by molar-refractivity contribution is -0.193. The highest BCUT2D eigenvalue weighted by molar-refractivity contribution is 5.92. The quantitative estimate of drug-likeness (QED) is 0.275. The Hall–Kier alpha value is -5.77. The van der Waals surface area contributed by atoms with Gasteiger partial charge in [0.05, 0.1) is 11.9 Å². The third kappa shape index (κ3) is 8.12. The third-order valence-corrected chi connectivity index (χ3v) is 4.99. The molecule has 1 aromatic heterocycles. The molecule has 202 valence electrons. The minimum atomic E-state index is -1.26. The zero-order valence-electron chi connectivity index (χ0n) is 20.4. The number of aromatic hydroxyl groups is 3. The lowest BCUT2D eigenvalue weighted by atomic mass is 10.1. The van der Waals surface area contributed by atoms with E-state index in [1.54, 1.807) is 26.0 Å². The molecule has 0 fully saturated rings. The molecule has 0 spiro atoms. The lowest BCUT2D eigenvalue weighted by Gasteiger charge is -2.07. The molecular formula is C26H21NO12. The Kier molecular flexibility index (Phi) is 11.8. The SMILES string of the molecule is Cc1ccc(C(=O)O)c(O)c1O.Cc1ccc2c(=O)n(Cc3ccccc3)c(=O)oc2c1O.O=C=O.O=C=O. The molecule has 13 heteroatoms. The van der Waals surface area contributed by atoms with Crippen molar-refractivity contribution in [1.82, 2.24) is 4.57 Å². The van der Waals surface area contributed by atoms with E-state index in [0.717, 1.165) is 10.1 Å². The van der Waals surface area contributed by atoms with Gasteiger partial charge < -0.3 is 24.8 Å². The van der Waals surface area contributed by atoms with E-state index >= 15 is 0 Å². The van der Waals surface area contributed by atoms with Crippen LogP contribution in [0, 0.1) is 13.8 Å². The smallest absolute Gasteiger partial charge is 0.422 e. The Morgan fingerprint density at radius 2 is 1.31 bits per heavy atom. The van der Waals surface area contributed by atoms with Crippen LogP contribution < -0.4 is 11.3 Å². The minimum absolute atomic E-state index is 0.0608. The summed E-state index contributed by atoms with van der Waals surface area (Å²) < 4.78 is 6.14. The van der Waals surface area contributed by atoms with E-state index in [-0.39, 0.29) is 46.9 Å². The number of aromatic carboxylic acids is 1. The average molecular weight is 539 g/mol. The molecule has 4 N–H and O–H groups in total. The van der Waals surface area contributed by atoms with Gasteiger partial charge in [0.2, 0.25) is 0 Å². The van der Waals surface area contributed by atoms with E-state index in [4.69, 9.17) is 38.9 Å². The number of carbonyl (C=O) groups is 1. The van der Waals surface area contributed by atoms with Crippen LogP contribution in [0.2, 0.25) is 0 Å². The Morgan fingerprint density at radius 1 is 0.795 bits per heavy atom. The van der Waals surface area contributed by atoms with Gasteiger partial charge in [-0.15, -0.1) is 0 Å². The van der Waals surface area contributed by atoms with Crippen LogP contribution in [0.5, 0.6) is 17.2 Å². The summed E-state index contributed by atoms with van der Waals surface area (Å²) in [7, 11) is 0. The van der Waals surface area contributed by atoms with Crippen LogP contribution in [0.1, 0.15) is 27.0 Å². The lowest BCUT2D eigenvalue weighted by Crippen LogP contribution is -2.32. The first-order chi connectivity index (χ1) is 18.4. The predicted octanol–water partition coefficient (Wildman–Crippen LogP) is 1.95. The van der Waals surface area contributed by atoms with Gasteiger partial charge >= 0.3 is 24.0 Å². The fourth-order valence-corrected chi connectivity index (χ4v) is 3.07. The van der Waals surface area contributed by atoms with Gasteiger partial charge in [-0.1, -0.05) is 42.5 Å². The number of carbonyl (C=O) groups excluding carboxylic acids is 4. The number of carboxylic acids is 1. The first-order valence-electron chi connectivity index (χ1n) is 10.6. The number of carboxylic acid groups (broad SMARTS) is 1. The summed E-state index contributed by atoms with van der Waals surface area (Å²) in [6.45, 7) is 3.37. The summed E-state index contributed by atoms with van der Waals surface area (Å²) in [5.74, 6) is -3.17. The molecule has 1 heterocycles. The maximum absolute atomic E-state index is 12.4. The standard InChI is InChI=1S/C16H13NO4.C8H8O4.2CO2/c1-10-7-8-12-14(13(10)18)21-16(20)17(15(12)19)9-11-5-3-2-4-6-11;1-4-2-3-5(8(11)12)7(10)6(4)9;2*2-1-3/h2-8,18H,9H2,1H3;2-3,9-10H,1H3,(H,11,12);;. The largest absolute Gasteiger partial charge is 0.504 e. The van der Waals surface area contributed by atoms with Crippen LogP contribution in [-0.4, -0.2) is 43.3 Å². The van der Waals surface area contributed by atoms with Crippen molar-refractivity contribution < 1.29 is 48.8 Å². The van der Waals surface area contributed by atoms with Crippen molar-refractivity contribution >= 4 is 29.2 Å². The Labute approximate surface area is 218 Å². The van der Waals surface area contributed by atoms with Crippen molar-refractivity contribution in [3.05, 3.63) is 97.8 Å². The molecule has 4 aromatic rings. The highest BCUT2D eigenvalue weighted by Crippen LogP contribution is 2.31. The van der Waals surface area contributed by atoms with Crippen molar-refractivity contribution in [2.24, 2.45) is 0 Å². The molecule has 0 aliphatic carbocycles. The Morgan fingerprint density at radius 3 is 1.85 bits per heavy atom. The molecular weight excluding hydrogens is 518 g/mol. The van der Waals surface area contributed by atoms with E-state index in [0.29, 0.717) is 11.1 Å². The molecule has 0 radical (unpaired) electrons. The van der Waals surface area contributed by atoms with Crippen LogP contribution in [0.25, 0.3) is 11.0 Å². The first-order valence-corrected chi connectivity index (χ1v) is 10.6. The van der Waals surface area contributed by atoms with E-state index in [2.05, 4.69) is 0 Å². The Balaban J connectivity index is 0.000000357. The summed E-state index contributed by atoms with van der Waals surface area (Å²) in [5, 5.41) is 36.8. The van der Waals surface area contributed by atoms with Gasteiger partial charge in [0, 0.05) is 0 Å². The second-order valence-corrected chi connectivity index (χ2v) is 7.45. The van der Waals surface area contributed by atoms with E-state index in [1.807, 2.05) is 30.3 Å². The van der Waals surface area contributed by atoms with Gasteiger partial charge in [-0.25, -0.2) is 14.2 Å². The van der Waals surface area contributed by atoms with Crippen LogP contribution in [0.15, 0.2) is 68.6 Å². The average Bonchev–Trinajstić information content (AvgIpc) is 2.89. The molecule has 0 aliphatic heterocycles. The number of hydrogen-bond donors (Lipinski definition) is 4. The van der Waals surface area contributed by atoms with Gasteiger partial charge in [-0.05, 0) is 42.7 Å². The molecule has 0 amide bonds. The summed E-state index contributed by atoms with van der Waals surface area (Å²) in [6.07, 6.45) is 0.500. The minimum Gasteiger partial charge on any atom is -0.504 e. The number of aryl methyl sites for hydroxylation is 2. The van der Waals surface area contributed by atoms with Crippen molar-refractivity contribution in [1.29, 1.82) is 0 Å². The molecule has 3 aromatic carbocycles. The zero-order chi connectivity index (χ0) is 29.7. The monoisotopic (exact) mass is 539 g/mol. The van der Waals surface area contributed by atoms with Crippen molar-refractivity contribution in [2.75, 3.05) is 0 Å². The highest BCUT2D eigenvalue weighted by atomic mass is 16.4. The zero-order valence-corrected chi connectivity index (χ0v) is 20.4. The van der Waals surface area contributed by atoms with E-state index < -0.39 is 23.0 Å². The van der Waals surface area contributed by atoms with Crippen LogP contribution >= 0.6 is 0 Å². The van der Waals surface area contributed by atoms with Crippen LogP contribution in [0.3, 0.4) is 0 Å². The topological polar surface area (TPSA) is 218 Å². The number of hydrogen-bond acceptors (Lipinski definition) is 11. The summed E-state index contributed by atoms with van der Waals surface area (Å²) in [6, 6.07) is 15.0. The molecule has 13 nitrogen and oxygen atoms in total. The summed E-state index contributed by atoms with van der Waals surface area (Å²) in [5.41, 5.74) is 0.985. The number of phenolic OH excluding ortho intramolecular Hbond substituents is 2.